The second kappa shape index (κ2) is 7.89. The third-order valence-corrected chi connectivity index (χ3v) is 6.14. The van der Waals surface area contributed by atoms with Crippen LogP contribution in [0.5, 0.6) is 5.75 Å². The average Bonchev–Trinajstić information content (AvgIpc) is 3.32. The van der Waals surface area contributed by atoms with E-state index in [4.69, 9.17) is 9.47 Å². The summed E-state index contributed by atoms with van der Waals surface area (Å²) in [6, 6.07) is 7.99. The first-order chi connectivity index (χ1) is 13.1. The van der Waals surface area contributed by atoms with Crippen LogP contribution in [0.2, 0.25) is 0 Å². The Hall–Kier alpha value is -2.08. The summed E-state index contributed by atoms with van der Waals surface area (Å²) < 4.78 is 11.0. The maximum atomic E-state index is 12.7. The maximum absolute atomic E-state index is 12.7. The summed E-state index contributed by atoms with van der Waals surface area (Å²) in [5.74, 6) is 1.69. The van der Waals surface area contributed by atoms with E-state index in [0.717, 1.165) is 37.1 Å². The van der Waals surface area contributed by atoms with Crippen molar-refractivity contribution in [2.45, 2.75) is 44.2 Å². The molecule has 2 atom stereocenters. The molecule has 0 N–H and O–H groups in total. The summed E-state index contributed by atoms with van der Waals surface area (Å²) in [4.78, 5) is 28.5. The number of ether oxygens (including phenoxy) is 2. The number of carbonyl (C=O) groups excluding carboxylic acids is 2. The van der Waals surface area contributed by atoms with Gasteiger partial charge in [0.05, 0.1) is 0 Å². The molecule has 0 aromatic heterocycles. The number of carbonyl (C=O) groups is 2. The van der Waals surface area contributed by atoms with Crippen molar-refractivity contribution in [1.29, 1.82) is 0 Å². The maximum Gasteiger partial charge on any atom is 0.254 e. The number of likely N-dealkylation sites (tertiary alicyclic amines) is 2. The first-order valence-electron chi connectivity index (χ1n) is 9.98. The molecule has 2 aliphatic heterocycles. The van der Waals surface area contributed by atoms with Gasteiger partial charge in [0.1, 0.15) is 18.5 Å². The fraction of sp³-hybridized carbons (Fsp3) is 0.619. The lowest BCUT2D eigenvalue weighted by molar-refractivity contribution is -0.136. The molecule has 1 saturated carbocycles. The Morgan fingerprint density at radius 3 is 2.41 bits per heavy atom. The van der Waals surface area contributed by atoms with Gasteiger partial charge in [-0.2, -0.15) is 0 Å². The lowest BCUT2D eigenvalue weighted by Gasteiger charge is -2.32. The second-order valence-electron chi connectivity index (χ2n) is 7.95. The van der Waals surface area contributed by atoms with Crippen LogP contribution in [0, 0.1) is 5.92 Å². The third kappa shape index (κ3) is 3.95. The van der Waals surface area contributed by atoms with Crippen LogP contribution < -0.4 is 4.74 Å². The van der Waals surface area contributed by atoms with Gasteiger partial charge in [-0.05, 0) is 49.4 Å². The zero-order chi connectivity index (χ0) is 18.8. The molecular weight excluding hydrogens is 344 g/mol. The zero-order valence-electron chi connectivity index (χ0n) is 15.9. The summed E-state index contributed by atoms with van der Waals surface area (Å²) in [6.45, 7) is 2.45. The number of piperidine rings is 2. The Bertz CT molecular complexity index is 682. The Morgan fingerprint density at radius 2 is 1.81 bits per heavy atom. The summed E-state index contributed by atoms with van der Waals surface area (Å²) in [5.41, 5.74) is 0.745. The Balaban J connectivity index is 1.29. The van der Waals surface area contributed by atoms with Gasteiger partial charge in [-0.25, -0.2) is 0 Å². The highest BCUT2D eigenvalue weighted by Gasteiger charge is 2.40. The van der Waals surface area contributed by atoms with Crippen molar-refractivity contribution in [2.75, 3.05) is 33.4 Å². The number of fused-ring (bicyclic) bond motifs is 2. The number of methoxy groups -OCH3 is 1. The quantitative estimate of drug-likeness (QED) is 0.796. The van der Waals surface area contributed by atoms with E-state index in [0.29, 0.717) is 25.0 Å². The van der Waals surface area contributed by atoms with E-state index in [9.17, 15) is 9.59 Å². The Labute approximate surface area is 160 Å². The fourth-order valence-electron chi connectivity index (χ4n) is 4.65. The topological polar surface area (TPSA) is 59.1 Å². The SMILES string of the molecule is COCC(=O)N1CCC(Oc2ccc(C(=O)N3C[C@@H]4CC[C@@H]3C4)cc2)CC1. The second-order valence-corrected chi connectivity index (χ2v) is 7.95. The van der Waals surface area contributed by atoms with E-state index in [1.54, 1.807) is 0 Å². The number of hydrogen-bond acceptors (Lipinski definition) is 4. The largest absolute Gasteiger partial charge is 0.490 e. The van der Waals surface area contributed by atoms with E-state index >= 15 is 0 Å². The molecule has 3 fully saturated rings. The minimum absolute atomic E-state index is 0.0365. The van der Waals surface area contributed by atoms with Crippen LogP contribution in [0.4, 0.5) is 0 Å². The van der Waals surface area contributed by atoms with Gasteiger partial charge in [-0.15, -0.1) is 0 Å². The number of nitrogens with zero attached hydrogens (tertiary/aromatic N) is 2. The molecule has 0 spiro atoms. The minimum atomic E-state index is 0.0365. The van der Waals surface area contributed by atoms with Gasteiger partial charge in [-0.1, -0.05) is 0 Å². The first-order valence-corrected chi connectivity index (χ1v) is 9.98. The normalized spacial score (nSPS) is 25.1. The summed E-state index contributed by atoms with van der Waals surface area (Å²) in [5, 5.41) is 0. The molecule has 2 saturated heterocycles. The van der Waals surface area contributed by atoms with Crippen LogP contribution in [-0.2, 0) is 9.53 Å². The third-order valence-electron chi connectivity index (χ3n) is 6.14. The standard InChI is InChI=1S/C21H28N2O4/c1-26-14-20(24)22-10-8-19(9-11-22)27-18-6-3-16(4-7-18)21(25)23-13-15-2-5-17(23)12-15/h3-4,6-7,15,17,19H,2,5,8-14H2,1H3/t15-,17-/m1/s1. The van der Waals surface area contributed by atoms with E-state index in [2.05, 4.69) is 4.90 Å². The monoisotopic (exact) mass is 372 g/mol. The van der Waals surface area contributed by atoms with Crippen molar-refractivity contribution >= 4 is 11.8 Å². The Morgan fingerprint density at radius 1 is 1.07 bits per heavy atom. The molecule has 1 aromatic carbocycles. The molecule has 2 amide bonds. The molecule has 3 aliphatic rings. The molecule has 146 valence electrons. The van der Waals surface area contributed by atoms with Crippen molar-refractivity contribution in [3.63, 3.8) is 0 Å². The molecule has 2 bridgehead atoms. The molecule has 6 heteroatoms. The molecule has 27 heavy (non-hydrogen) atoms. The van der Waals surface area contributed by atoms with Gasteiger partial charge in [0.25, 0.3) is 5.91 Å². The number of benzene rings is 1. The van der Waals surface area contributed by atoms with Crippen LogP contribution in [0.1, 0.15) is 42.5 Å². The van der Waals surface area contributed by atoms with E-state index in [1.165, 1.54) is 20.0 Å². The van der Waals surface area contributed by atoms with Crippen molar-refractivity contribution < 1.29 is 19.1 Å². The van der Waals surface area contributed by atoms with E-state index in [1.807, 2.05) is 29.2 Å². The fourth-order valence-corrected chi connectivity index (χ4v) is 4.65. The highest BCUT2D eigenvalue weighted by Crippen LogP contribution is 2.38. The van der Waals surface area contributed by atoms with Gasteiger partial charge in [-0.3, -0.25) is 9.59 Å². The molecule has 4 rings (SSSR count). The first kappa shape index (κ1) is 18.3. The van der Waals surface area contributed by atoms with Crippen molar-refractivity contribution in [1.82, 2.24) is 9.80 Å². The molecule has 1 aromatic rings. The summed E-state index contributed by atoms with van der Waals surface area (Å²) >= 11 is 0. The van der Waals surface area contributed by atoms with Crippen molar-refractivity contribution in [3.8, 4) is 5.75 Å². The van der Waals surface area contributed by atoms with Crippen LogP contribution >= 0.6 is 0 Å². The van der Waals surface area contributed by atoms with Crippen LogP contribution in [0.3, 0.4) is 0 Å². The molecular formula is C21H28N2O4. The van der Waals surface area contributed by atoms with E-state index < -0.39 is 0 Å². The summed E-state index contributed by atoms with van der Waals surface area (Å²) in [6.07, 6.45) is 5.34. The predicted molar refractivity (Wildman–Crippen MR) is 101 cm³/mol. The van der Waals surface area contributed by atoms with Crippen LogP contribution in [-0.4, -0.2) is 67.1 Å². The lowest BCUT2D eigenvalue weighted by Crippen LogP contribution is -2.43. The average molecular weight is 372 g/mol. The smallest absolute Gasteiger partial charge is 0.254 e. The van der Waals surface area contributed by atoms with Gasteiger partial charge in [0.2, 0.25) is 5.91 Å². The number of rotatable bonds is 5. The predicted octanol–water partition coefficient (Wildman–Crippen LogP) is 2.33. The molecule has 0 unspecified atom stereocenters. The van der Waals surface area contributed by atoms with Gasteiger partial charge in [0, 0.05) is 51.2 Å². The molecule has 6 nitrogen and oxygen atoms in total. The van der Waals surface area contributed by atoms with Gasteiger partial charge in [0.15, 0.2) is 0 Å². The molecule has 2 heterocycles. The van der Waals surface area contributed by atoms with Crippen molar-refractivity contribution in [3.05, 3.63) is 29.8 Å². The summed E-state index contributed by atoms with van der Waals surface area (Å²) in [7, 11) is 1.54. The van der Waals surface area contributed by atoms with E-state index in [-0.39, 0.29) is 24.5 Å². The Kier molecular flexibility index (Phi) is 5.34. The number of amides is 2. The van der Waals surface area contributed by atoms with Crippen molar-refractivity contribution in [2.24, 2.45) is 5.92 Å². The number of hydrogen-bond donors (Lipinski definition) is 0. The van der Waals surface area contributed by atoms with Gasteiger partial charge < -0.3 is 19.3 Å². The van der Waals surface area contributed by atoms with Crippen LogP contribution in [0.25, 0.3) is 0 Å². The molecule has 1 aliphatic carbocycles. The zero-order valence-corrected chi connectivity index (χ0v) is 15.9. The highest BCUT2D eigenvalue weighted by atomic mass is 16.5. The van der Waals surface area contributed by atoms with Crippen LogP contribution in [0.15, 0.2) is 24.3 Å². The van der Waals surface area contributed by atoms with Gasteiger partial charge >= 0.3 is 0 Å². The lowest BCUT2D eigenvalue weighted by atomic mass is 10.1. The minimum Gasteiger partial charge on any atom is -0.490 e. The highest BCUT2D eigenvalue weighted by molar-refractivity contribution is 5.94. The molecule has 0 radical (unpaired) electrons.